The number of hydrogen-bond acceptors (Lipinski definition) is 4. The van der Waals surface area contributed by atoms with Gasteiger partial charge >= 0.3 is 5.97 Å². The first-order valence-corrected chi connectivity index (χ1v) is 5.56. The van der Waals surface area contributed by atoms with Gasteiger partial charge < -0.3 is 4.74 Å². The van der Waals surface area contributed by atoms with Gasteiger partial charge in [-0.1, -0.05) is 11.6 Å². The largest absolute Gasteiger partial charge is 0.465 e. The van der Waals surface area contributed by atoms with E-state index in [4.69, 9.17) is 16.9 Å². The molecule has 4 nitrogen and oxygen atoms in total. The molecule has 16 heavy (non-hydrogen) atoms. The highest BCUT2D eigenvalue weighted by molar-refractivity contribution is 14.1. The topological polar surface area (TPSA) is 63.0 Å². The van der Waals surface area contributed by atoms with Gasteiger partial charge in [0.25, 0.3) is 0 Å². The van der Waals surface area contributed by atoms with Gasteiger partial charge in [0, 0.05) is 15.3 Å². The fourth-order valence-corrected chi connectivity index (χ4v) is 1.89. The van der Waals surface area contributed by atoms with Gasteiger partial charge in [-0.05, 0) is 34.7 Å². The third kappa shape index (κ3) is 2.93. The van der Waals surface area contributed by atoms with Crippen LogP contribution in [0.25, 0.3) is 6.08 Å². The van der Waals surface area contributed by atoms with E-state index in [-0.39, 0.29) is 10.7 Å². The van der Waals surface area contributed by atoms with Gasteiger partial charge in [-0.3, -0.25) is 0 Å². The minimum Gasteiger partial charge on any atom is -0.465 e. The molecule has 1 heterocycles. The van der Waals surface area contributed by atoms with Gasteiger partial charge in [-0.2, -0.15) is 5.26 Å². The number of aromatic nitrogens is 1. The molecule has 1 rings (SSSR count). The molecule has 82 valence electrons. The van der Waals surface area contributed by atoms with Crippen molar-refractivity contribution in [2.24, 2.45) is 0 Å². The summed E-state index contributed by atoms with van der Waals surface area (Å²) in [4.78, 5) is 15.1. The predicted molar refractivity (Wildman–Crippen MR) is 67.6 cm³/mol. The molecule has 0 aliphatic carbocycles. The van der Waals surface area contributed by atoms with Crippen molar-refractivity contribution in [3.8, 4) is 6.07 Å². The van der Waals surface area contributed by atoms with Crippen LogP contribution in [0.5, 0.6) is 0 Å². The van der Waals surface area contributed by atoms with Gasteiger partial charge in [-0.15, -0.1) is 0 Å². The number of ether oxygens (including phenoxy) is 1. The lowest BCUT2D eigenvalue weighted by Gasteiger charge is -2.01. The molecule has 0 spiro atoms. The van der Waals surface area contributed by atoms with Gasteiger partial charge in [0.05, 0.1) is 7.11 Å². The molecule has 0 aromatic carbocycles. The monoisotopic (exact) mass is 348 g/mol. The Morgan fingerprint density at radius 2 is 2.44 bits per heavy atom. The Kier molecular flexibility index (Phi) is 4.71. The van der Waals surface area contributed by atoms with Gasteiger partial charge in [0.15, 0.2) is 0 Å². The van der Waals surface area contributed by atoms with Crippen molar-refractivity contribution in [1.29, 1.82) is 5.26 Å². The van der Waals surface area contributed by atoms with Crippen LogP contribution in [-0.4, -0.2) is 18.1 Å². The fourth-order valence-electron chi connectivity index (χ4n) is 0.946. The summed E-state index contributed by atoms with van der Waals surface area (Å²) in [5.74, 6) is -0.696. The third-order valence-corrected chi connectivity index (χ3v) is 2.94. The molecule has 0 atom stereocenters. The number of methoxy groups -OCH3 is 1. The smallest absolute Gasteiger partial charge is 0.348 e. The quantitative estimate of drug-likeness (QED) is 0.271. The molecule has 0 fully saturated rings. The zero-order valence-electron chi connectivity index (χ0n) is 8.20. The molecule has 0 saturated heterocycles. The van der Waals surface area contributed by atoms with Crippen LogP contribution in [0.3, 0.4) is 0 Å². The minimum atomic E-state index is -0.696. The molecule has 1 aromatic heterocycles. The molecule has 1 aromatic rings. The molecule has 0 aliphatic rings. The van der Waals surface area contributed by atoms with E-state index in [0.29, 0.717) is 5.56 Å². The van der Waals surface area contributed by atoms with Crippen LogP contribution < -0.4 is 0 Å². The lowest BCUT2D eigenvalue weighted by atomic mass is 10.2. The summed E-state index contributed by atoms with van der Waals surface area (Å²) < 4.78 is 5.26. The average molecular weight is 349 g/mol. The maximum Gasteiger partial charge on any atom is 0.348 e. The van der Waals surface area contributed by atoms with Crippen LogP contribution in [0.2, 0.25) is 5.15 Å². The summed E-state index contributed by atoms with van der Waals surface area (Å²) in [5.41, 5.74) is 0.419. The van der Waals surface area contributed by atoms with Gasteiger partial charge in [0.2, 0.25) is 0 Å². The van der Waals surface area contributed by atoms with E-state index in [1.807, 2.05) is 22.6 Å². The second kappa shape index (κ2) is 5.82. The van der Waals surface area contributed by atoms with E-state index < -0.39 is 5.97 Å². The lowest BCUT2D eigenvalue weighted by molar-refractivity contribution is -0.135. The predicted octanol–water partition coefficient (Wildman–Crippen LogP) is 2.42. The van der Waals surface area contributed by atoms with Crippen LogP contribution in [0.1, 0.15) is 5.56 Å². The maximum atomic E-state index is 11.2. The summed E-state index contributed by atoms with van der Waals surface area (Å²) in [6.45, 7) is 0. The average Bonchev–Trinajstić information content (AvgIpc) is 2.28. The number of carbonyl (C=O) groups is 1. The summed E-state index contributed by atoms with van der Waals surface area (Å²) in [7, 11) is 1.21. The number of nitriles is 1. The minimum absolute atomic E-state index is 0.115. The number of esters is 1. The zero-order chi connectivity index (χ0) is 12.1. The second-order valence-electron chi connectivity index (χ2n) is 2.66. The highest BCUT2D eigenvalue weighted by atomic mass is 127. The Bertz CT molecular complexity index is 474. The van der Waals surface area contributed by atoms with Crippen LogP contribution in [0.15, 0.2) is 17.8 Å². The first-order valence-electron chi connectivity index (χ1n) is 4.10. The van der Waals surface area contributed by atoms with Gasteiger partial charge in [0.1, 0.15) is 16.8 Å². The molecular weight excluding hydrogens is 342 g/mol. The molecule has 0 N–H and O–H groups in total. The van der Waals surface area contributed by atoms with E-state index in [0.717, 1.165) is 3.57 Å². The Balaban J connectivity index is 3.25. The molecule has 0 radical (unpaired) electrons. The molecule has 0 amide bonds. The van der Waals surface area contributed by atoms with Crippen molar-refractivity contribution in [2.45, 2.75) is 0 Å². The molecule has 0 bridgehead atoms. The Morgan fingerprint density at radius 1 is 1.75 bits per heavy atom. The van der Waals surface area contributed by atoms with Crippen molar-refractivity contribution in [2.75, 3.05) is 7.11 Å². The zero-order valence-corrected chi connectivity index (χ0v) is 11.1. The summed E-state index contributed by atoms with van der Waals surface area (Å²) in [5, 5.41) is 9.02. The number of hydrogen-bond donors (Lipinski definition) is 0. The number of rotatable bonds is 2. The molecular formula is C10H6ClIN2O2. The SMILES string of the molecule is COC(=O)/C(C#N)=C/c1c(I)ccnc1Cl. The number of nitrogens with zero attached hydrogens (tertiary/aromatic N) is 2. The maximum absolute atomic E-state index is 11.2. The van der Waals surface area contributed by atoms with Crippen LogP contribution >= 0.6 is 34.2 Å². The Morgan fingerprint density at radius 3 is 2.94 bits per heavy atom. The number of halogens is 2. The second-order valence-corrected chi connectivity index (χ2v) is 4.18. The number of pyridine rings is 1. The van der Waals surface area contributed by atoms with E-state index in [2.05, 4.69) is 9.72 Å². The molecule has 0 saturated carbocycles. The summed E-state index contributed by atoms with van der Waals surface area (Å²) >= 11 is 7.90. The first kappa shape index (κ1) is 12.9. The Labute approximate surface area is 111 Å². The summed E-state index contributed by atoms with van der Waals surface area (Å²) in [6.07, 6.45) is 2.91. The Hall–Kier alpha value is -1.13. The van der Waals surface area contributed by atoms with E-state index in [9.17, 15) is 4.79 Å². The lowest BCUT2D eigenvalue weighted by Crippen LogP contribution is -2.03. The molecule has 6 heteroatoms. The van der Waals surface area contributed by atoms with Crippen molar-refractivity contribution >= 4 is 46.2 Å². The van der Waals surface area contributed by atoms with Crippen molar-refractivity contribution in [1.82, 2.24) is 4.98 Å². The first-order chi connectivity index (χ1) is 7.60. The number of carbonyl (C=O) groups excluding carboxylic acids is 1. The van der Waals surface area contributed by atoms with Crippen molar-refractivity contribution in [3.63, 3.8) is 0 Å². The van der Waals surface area contributed by atoms with E-state index in [1.165, 1.54) is 13.2 Å². The molecule has 0 aliphatic heterocycles. The fraction of sp³-hybridized carbons (Fsp3) is 0.100. The van der Waals surface area contributed by atoms with Gasteiger partial charge in [-0.25, -0.2) is 9.78 Å². The molecule has 0 unspecified atom stereocenters. The van der Waals surface area contributed by atoms with Crippen LogP contribution in [0, 0.1) is 14.9 Å². The van der Waals surface area contributed by atoms with Crippen molar-refractivity contribution < 1.29 is 9.53 Å². The van der Waals surface area contributed by atoms with Crippen LogP contribution in [-0.2, 0) is 9.53 Å². The summed E-state index contributed by atoms with van der Waals surface area (Å²) in [6, 6.07) is 3.48. The highest BCUT2D eigenvalue weighted by Gasteiger charge is 2.11. The third-order valence-electron chi connectivity index (χ3n) is 1.70. The van der Waals surface area contributed by atoms with Crippen molar-refractivity contribution in [3.05, 3.63) is 32.1 Å². The standard InChI is InChI=1S/C10H6ClIN2O2/c1-16-10(15)6(5-13)4-7-8(12)2-3-14-9(7)11/h2-4H,1H3/b6-4+. The van der Waals surface area contributed by atoms with E-state index in [1.54, 1.807) is 18.3 Å². The highest BCUT2D eigenvalue weighted by Crippen LogP contribution is 2.22. The van der Waals surface area contributed by atoms with Crippen LogP contribution in [0.4, 0.5) is 0 Å². The normalized spacial score (nSPS) is 10.8. The van der Waals surface area contributed by atoms with E-state index >= 15 is 0 Å².